The lowest BCUT2D eigenvalue weighted by atomic mass is 9.98. The molecule has 0 aromatic carbocycles. The maximum Gasteiger partial charge on any atom is 0.110 e. The highest BCUT2D eigenvalue weighted by atomic mass is 16.5. The Morgan fingerprint density at radius 2 is 2.05 bits per heavy atom. The fraction of sp³-hybridized carbons (Fsp3) is 1.00. The van der Waals surface area contributed by atoms with E-state index in [9.17, 15) is 10.2 Å². The van der Waals surface area contributed by atoms with Crippen molar-refractivity contribution in [1.82, 2.24) is 5.32 Å². The first-order chi connectivity index (χ1) is 9.20. The molecule has 1 fully saturated rings. The first-order valence-electron chi connectivity index (χ1n) is 6.53. The zero-order chi connectivity index (χ0) is 14.1. The SMILES string of the molecule is [N-]=[N+]=NCCCCCN[C@@H]1CO[C@H](CO)[C@@H](O)[C@@H]1O. The Hall–Kier alpha value is -0.890. The third-order valence-corrected chi connectivity index (χ3v) is 3.22. The zero-order valence-corrected chi connectivity index (χ0v) is 10.9. The van der Waals surface area contributed by atoms with Crippen LogP contribution in [0.1, 0.15) is 19.3 Å². The average Bonchev–Trinajstić information content (AvgIpc) is 2.42. The van der Waals surface area contributed by atoms with Crippen molar-refractivity contribution in [2.24, 2.45) is 5.11 Å². The highest BCUT2D eigenvalue weighted by Crippen LogP contribution is 2.15. The molecule has 1 rings (SSSR count). The monoisotopic (exact) mass is 274 g/mol. The fourth-order valence-electron chi connectivity index (χ4n) is 2.04. The number of aliphatic hydroxyl groups is 3. The topological polar surface area (TPSA) is 131 Å². The van der Waals surface area contributed by atoms with Gasteiger partial charge in [-0.05, 0) is 24.9 Å². The van der Waals surface area contributed by atoms with E-state index in [-0.39, 0.29) is 19.3 Å². The van der Waals surface area contributed by atoms with Crippen molar-refractivity contribution >= 4 is 0 Å². The van der Waals surface area contributed by atoms with Crippen molar-refractivity contribution in [3.05, 3.63) is 10.4 Å². The van der Waals surface area contributed by atoms with E-state index in [1.54, 1.807) is 0 Å². The maximum atomic E-state index is 9.85. The first-order valence-corrected chi connectivity index (χ1v) is 6.53. The van der Waals surface area contributed by atoms with Gasteiger partial charge in [-0.25, -0.2) is 0 Å². The number of ether oxygens (including phenoxy) is 1. The predicted octanol–water partition coefficient (Wildman–Crippen LogP) is -0.462. The number of nitrogens with one attached hydrogen (secondary N) is 1. The van der Waals surface area contributed by atoms with Crippen LogP contribution in [0.3, 0.4) is 0 Å². The van der Waals surface area contributed by atoms with Crippen LogP contribution in [-0.4, -0.2) is 66.0 Å². The smallest absolute Gasteiger partial charge is 0.110 e. The molecule has 1 aliphatic heterocycles. The Labute approximate surface area is 112 Å². The summed E-state index contributed by atoms with van der Waals surface area (Å²) >= 11 is 0. The summed E-state index contributed by atoms with van der Waals surface area (Å²) in [5.41, 5.74) is 8.10. The predicted molar refractivity (Wildman–Crippen MR) is 68.5 cm³/mol. The second-order valence-electron chi connectivity index (χ2n) is 4.61. The van der Waals surface area contributed by atoms with E-state index in [1.165, 1.54) is 0 Å². The third-order valence-electron chi connectivity index (χ3n) is 3.22. The molecule has 0 aliphatic carbocycles. The highest BCUT2D eigenvalue weighted by Gasteiger charge is 2.37. The molecular formula is C11H22N4O4. The summed E-state index contributed by atoms with van der Waals surface area (Å²) in [6.07, 6.45) is -0.0570. The number of aliphatic hydroxyl groups excluding tert-OH is 3. The molecule has 1 heterocycles. The van der Waals surface area contributed by atoms with Crippen molar-refractivity contribution in [1.29, 1.82) is 0 Å². The van der Waals surface area contributed by atoms with Gasteiger partial charge in [-0.2, -0.15) is 0 Å². The molecule has 19 heavy (non-hydrogen) atoms. The number of azide groups is 1. The quantitative estimate of drug-likeness (QED) is 0.206. The lowest BCUT2D eigenvalue weighted by molar-refractivity contribution is -0.161. The van der Waals surface area contributed by atoms with Gasteiger partial charge >= 0.3 is 0 Å². The van der Waals surface area contributed by atoms with E-state index in [2.05, 4.69) is 15.3 Å². The molecule has 0 bridgehead atoms. The van der Waals surface area contributed by atoms with Gasteiger partial charge in [-0.15, -0.1) is 0 Å². The van der Waals surface area contributed by atoms with E-state index in [0.29, 0.717) is 13.1 Å². The molecule has 0 radical (unpaired) electrons. The van der Waals surface area contributed by atoms with E-state index in [1.807, 2.05) is 0 Å². The van der Waals surface area contributed by atoms with Crippen LogP contribution < -0.4 is 5.32 Å². The van der Waals surface area contributed by atoms with Gasteiger partial charge in [0.05, 0.1) is 19.3 Å². The summed E-state index contributed by atoms with van der Waals surface area (Å²) in [4.78, 5) is 2.67. The molecular weight excluding hydrogens is 252 g/mol. The second-order valence-corrected chi connectivity index (χ2v) is 4.61. The van der Waals surface area contributed by atoms with E-state index in [0.717, 1.165) is 19.3 Å². The lowest BCUT2D eigenvalue weighted by Crippen LogP contribution is -2.59. The van der Waals surface area contributed by atoms with Crippen molar-refractivity contribution in [3.8, 4) is 0 Å². The molecule has 4 atom stereocenters. The minimum Gasteiger partial charge on any atom is -0.394 e. The van der Waals surface area contributed by atoms with Gasteiger partial charge in [0.2, 0.25) is 0 Å². The largest absolute Gasteiger partial charge is 0.394 e. The van der Waals surface area contributed by atoms with Crippen LogP contribution in [0.4, 0.5) is 0 Å². The van der Waals surface area contributed by atoms with Crippen molar-refractivity contribution in [2.75, 3.05) is 26.3 Å². The van der Waals surface area contributed by atoms with Crippen LogP contribution in [0.25, 0.3) is 10.4 Å². The Morgan fingerprint density at radius 3 is 2.74 bits per heavy atom. The molecule has 110 valence electrons. The molecule has 0 amide bonds. The minimum atomic E-state index is -1.07. The molecule has 0 saturated carbocycles. The van der Waals surface area contributed by atoms with Gasteiger partial charge in [0.15, 0.2) is 0 Å². The van der Waals surface area contributed by atoms with E-state index < -0.39 is 18.3 Å². The van der Waals surface area contributed by atoms with Crippen LogP contribution in [0.5, 0.6) is 0 Å². The first kappa shape index (κ1) is 16.2. The minimum absolute atomic E-state index is 0.266. The van der Waals surface area contributed by atoms with Crippen molar-refractivity contribution in [3.63, 3.8) is 0 Å². The van der Waals surface area contributed by atoms with Crippen molar-refractivity contribution < 1.29 is 20.1 Å². The maximum absolute atomic E-state index is 9.85. The molecule has 1 saturated heterocycles. The summed E-state index contributed by atoms with van der Waals surface area (Å²) in [7, 11) is 0. The molecule has 0 spiro atoms. The van der Waals surface area contributed by atoms with Crippen LogP contribution in [0.2, 0.25) is 0 Å². The Morgan fingerprint density at radius 1 is 1.26 bits per heavy atom. The summed E-state index contributed by atoms with van der Waals surface area (Å²) in [6.45, 7) is 1.16. The Kier molecular flexibility index (Phi) is 7.73. The Bertz CT molecular complexity index is 298. The molecule has 8 nitrogen and oxygen atoms in total. The van der Waals surface area contributed by atoms with Crippen LogP contribution in [0.15, 0.2) is 5.11 Å². The number of nitrogens with zero attached hydrogens (tertiary/aromatic N) is 3. The van der Waals surface area contributed by atoms with Gasteiger partial charge in [-0.1, -0.05) is 11.5 Å². The standard InChI is InChI=1S/C11H22N4O4/c12-15-14-5-3-1-2-4-13-8-7-19-9(6-16)11(18)10(8)17/h8-11,13,16-18H,1-7H2/t8-,9-,10-,11-/m1/s1. The number of hydrogen-bond donors (Lipinski definition) is 4. The normalized spacial score (nSPS) is 30.9. The molecule has 1 aliphatic rings. The van der Waals surface area contributed by atoms with E-state index in [4.69, 9.17) is 15.4 Å². The molecule has 4 N–H and O–H groups in total. The summed E-state index contributed by atoms with van der Waals surface area (Å²) in [5, 5.41) is 35.0. The van der Waals surface area contributed by atoms with Gasteiger partial charge in [0.1, 0.15) is 18.3 Å². The second kappa shape index (κ2) is 9.08. The van der Waals surface area contributed by atoms with Crippen LogP contribution >= 0.6 is 0 Å². The summed E-state index contributed by atoms with van der Waals surface area (Å²) in [5.74, 6) is 0. The third kappa shape index (κ3) is 5.32. The molecule has 0 unspecified atom stereocenters. The van der Waals surface area contributed by atoms with Gasteiger partial charge in [0, 0.05) is 11.5 Å². The summed E-state index contributed by atoms with van der Waals surface area (Å²) < 4.78 is 5.25. The average molecular weight is 274 g/mol. The molecule has 0 aromatic heterocycles. The van der Waals surface area contributed by atoms with Crippen molar-refractivity contribution in [2.45, 2.75) is 43.6 Å². The van der Waals surface area contributed by atoms with Gasteiger partial charge < -0.3 is 25.4 Å². The van der Waals surface area contributed by atoms with Crippen LogP contribution in [0, 0.1) is 0 Å². The number of rotatable bonds is 8. The Balaban J connectivity index is 2.14. The fourth-order valence-corrected chi connectivity index (χ4v) is 2.04. The molecule has 8 heteroatoms. The van der Waals surface area contributed by atoms with Crippen LogP contribution in [-0.2, 0) is 4.74 Å². The van der Waals surface area contributed by atoms with Gasteiger partial charge in [-0.3, -0.25) is 0 Å². The van der Waals surface area contributed by atoms with E-state index >= 15 is 0 Å². The number of unbranched alkanes of at least 4 members (excludes halogenated alkanes) is 2. The zero-order valence-electron chi connectivity index (χ0n) is 10.9. The highest BCUT2D eigenvalue weighted by molar-refractivity contribution is 4.90. The number of hydrogen-bond acceptors (Lipinski definition) is 6. The lowest BCUT2D eigenvalue weighted by Gasteiger charge is -2.37. The van der Waals surface area contributed by atoms with Gasteiger partial charge in [0.25, 0.3) is 0 Å². The summed E-state index contributed by atoms with van der Waals surface area (Å²) in [6, 6.07) is -0.324. The molecule has 0 aromatic rings.